The summed E-state index contributed by atoms with van der Waals surface area (Å²) in [4.78, 5) is 37.7. The minimum Gasteiger partial charge on any atom is -0.384 e. The molecule has 0 aliphatic heterocycles. The predicted molar refractivity (Wildman–Crippen MR) is 115 cm³/mol. The van der Waals surface area contributed by atoms with Crippen LogP contribution >= 0.6 is 35.5 Å². The number of aromatic nitrogens is 3. The minimum atomic E-state index is -0.319. The number of carbonyl (C=O) groups is 1. The van der Waals surface area contributed by atoms with Gasteiger partial charge in [-0.3, -0.25) is 9.59 Å². The number of aromatic amines is 1. The van der Waals surface area contributed by atoms with E-state index in [9.17, 15) is 9.59 Å². The fourth-order valence-corrected chi connectivity index (χ4v) is 4.17. The van der Waals surface area contributed by atoms with Crippen molar-refractivity contribution in [1.29, 1.82) is 0 Å². The van der Waals surface area contributed by atoms with Gasteiger partial charge >= 0.3 is 0 Å². The molecule has 144 valence electrons. The Morgan fingerprint density at radius 2 is 2.15 bits per heavy atom. The normalized spacial score (nSPS) is 11.8. The molecule has 3 aromatic rings. The molecule has 0 aromatic carbocycles. The maximum absolute atomic E-state index is 12.3. The van der Waals surface area contributed by atoms with Gasteiger partial charge in [0.25, 0.3) is 5.56 Å². The van der Waals surface area contributed by atoms with E-state index >= 15 is 0 Å². The maximum atomic E-state index is 12.3. The first-order valence-corrected chi connectivity index (χ1v) is 9.84. The molecule has 0 aliphatic rings. The van der Waals surface area contributed by atoms with Crippen molar-refractivity contribution in [2.45, 2.75) is 31.8 Å². The van der Waals surface area contributed by atoms with Gasteiger partial charge in [-0.25, -0.2) is 9.97 Å². The topological polar surface area (TPSA) is 114 Å². The van der Waals surface area contributed by atoms with Gasteiger partial charge in [-0.2, -0.15) is 0 Å². The fourth-order valence-electron chi connectivity index (χ4n) is 2.37. The first-order valence-electron chi connectivity index (χ1n) is 7.98. The summed E-state index contributed by atoms with van der Waals surface area (Å²) >= 11 is 2.92. The number of pyridine rings is 1. The molecule has 0 saturated heterocycles. The van der Waals surface area contributed by atoms with Crippen LogP contribution in [0.25, 0.3) is 10.2 Å². The molecule has 4 N–H and O–H groups in total. The fraction of sp³-hybridized carbons (Fsp3) is 0.294. The van der Waals surface area contributed by atoms with Crippen molar-refractivity contribution in [3.8, 4) is 0 Å². The number of nitrogen functional groups attached to an aromatic ring is 1. The molecule has 0 saturated carbocycles. The average Bonchev–Trinajstić information content (AvgIpc) is 2.89. The van der Waals surface area contributed by atoms with Crippen molar-refractivity contribution in [3.63, 3.8) is 0 Å². The van der Waals surface area contributed by atoms with E-state index < -0.39 is 0 Å². The number of nitrogens with two attached hydrogens (primary N) is 1. The van der Waals surface area contributed by atoms with Gasteiger partial charge < -0.3 is 16.0 Å². The molecule has 0 radical (unpaired) electrons. The molecule has 10 heteroatoms. The van der Waals surface area contributed by atoms with Gasteiger partial charge in [0.15, 0.2) is 0 Å². The highest BCUT2D eigenvalue weighted by Crippen LogP contribution is 2.26. The zero-order chi connectivity index (χ0) is 18.8. The number of aryl methyl sites for hydroxylation is 2. The van der Waals surface area contributed by atoms with Crippen molar-refractivity contribution in [2.75, 3.05) is 11.1 Å². The third-order valence-corrected chi connectivity index (χ3v) is 6.24. The lowest BCUT2D eigenvalue weighted by Crippen LogP contribution is -2.23. The molecule has 0 aliphatic carbocycles. The van der Waals surface area contributed by atoms with Crippen molar-refractivity contribution in [1.82, 2.24) is 15.0 Å². The lowest BCUT2D eigenvalue weighted by molar-refractivity contribution is -0.115. The molecule has 0 spiro atoms. The van der Waals surface area contributed by atoms with Gasteiger partial charge in [-0.1, -0.05) is 0 Å². The summed E-state index contributed by atoms with van der Waals surface area (Å²) in [5.41, 5.74) is 6.97. The smallest absolute Gasteiger partial charge is 0.259 e. The van der Waals surface area contributed by atoms with E-state index in [2.05, 4.69) is 20.3 Å². The average molecular weight is 426 g/mol. The number of rotatable bonds is 5. The number of thiophene rings is 1. The maximum Gasteiger partial charge on any atom is 0.259 e. The van der Waals surface area contributed by atoms with Crippen molar-refractivity contribution in [2.24, 2.45) is 0 Å². The minimum absolute atomic E-state index is 0. The summed E-state index contributed by atoms with van der Waals surface area (Å²) in [6.07, 6.45) is 1.51. The molecule has 1 atom stereocenters. The Balaban J connectivity index is 0.00000261. The summed E-state index contributed by atoms with van der Waals surface area (Å²) in [5, 5.41) is 3.13. The van der Waals surface area contributed by atoms with Gasteiger partial charge in [0.2, 0.25) is 5.91 Å². The van der Waals surface area contributed by atoms with Crippen LogP contribution < -0.4 is 16.6 Å². The second-order valence-corrected chi connectivity index (χ2v) is 8.42. The lowest BCUT2D eigenvalue weighted by atomic mass is 10.2. The van der Waals surface area contributed by atoms with E-state index in [1.165, 1.54) is 29.3 Å². The predicted octanol–water partition coefficient (Wildman–Crippen LogP) is 3.26. The monoisotopic (exact) mass is 425 g/mol. The largest absolute Gasteiger partial charge is 0.384 e. The van der Waals surface area contributed by atoms with Gasteiger partial charge in [-0.05, 0) is 38.5 Å². The number of carbonyl (C=O) groups excluding carboxylic acids is 1. The Morgan fingerprint density at radius 1 is 1.41 bits per heavy atom. The van der Waals surface area contributed by atoms with E-state index in [1.54, 1.807) is 19.1 Å². The number of halogens is 1. The Morgan fingerprint density at radius 3 is 2.81 bits per heavy atom. The molecule has 1 amide bonds. The van der Waals surface area contributed by atoms with E-state index in [4.69, 9.17) is 5.73 Å². The summed E-state index contributed by atoms with van der Waals surface area (Å²) in [6, 6.07) is 3.33. The molecule has 3 rings (SSSR count). The van der Waals surface area contributed by atoms with E-state index in [1.807, 2.05) is 13.8 Å². The van der Waals surface area contributed by atoms with Crippen LogP contribution in [0.2, 0.25) is 0 Å². The highest BCUT2D eigenvalue weighted by atomic mass is 35.5. The Labute approximate surface area is 170 Å². The van der Waals surface area contributed by atoms with E-state index in [0.29, 0.717) is 28.5 Å². The third-order valence-electron chi connectivity index (χ3n) is 3.98. The molecular formula is C17H20ClN5O2S2. The van der Waals surface area contributed by atoms with Crippen LogP contribution in [0.5, 0.6) is 0 Å². The van der Waals surface area contributed by atoms with Crippen LogP contribution in [-0.4, -0.2) is 26.1 Å². The molecule has 1 unspecified atom stereocenters. The number of nitrogens with zero attached hydrogens (tertiary/aromatic N) is 2. The Kier molecular flexibility index (Phi) is 6.85. The molecule has 3 heterocycles. The van der Waals surface area contributed by atoms with Crippen molar-refractivity contribution in [3.05, 3.63) is 44.9 Å². The highest BCUT2D eigenvalue weighted by molar-refractivity contribution is 7.99. The van der Waals surface area contributed by atoms with Crippen LogP contribution in [0.4, 0.5) is 11.5 Å². The van der Waals surface area contributed by atoms with Gasteiger partial charge in [0.1, 0.15) is 16.5 Å². The van der Waals surface area contributed by atoms with Gasteiger partial charge in [0, 0.05) is 4.88 Å². The van der Waals surface area contributed by atoms with Gasteiger partial charge in [-0.15, -0.1) is 35.5 Å². The van der Waals surface area contributed by atoms with Gasteiger partial charge in [0.05, 0.1) is 28.3 Å². The number of hydrogen-bond donors (Lipinski definition) is 3. The van der Waals surface area contributed by atoms with Crippen LogP contribution in [0.3, 0.4) is 0 Å². The summed E-state index contributed by atoms with van der Waals surface area (Å²) in [5.74, 6) is 1.26. The molecule has 3 aromatic heterocycles. The quantitative estimate of drug-likeness (QED) is 0.578. The lowest BCUT2D eigenvalue weighted by Gasteiger charge is -2.11. The van der Waals surface area contributed by atoms with Crippen molar-refractivity contribution < 1.29 is 4.79 Å². The molecule has 7 nitrogen and oxygen atoms in total. The van der Waals surface area contributed by atoms with E-state index in [0.717, 1.165) is 15.3 Å². The number of nitrogens with one attached hydrogen (secondary N) is 2. The first kappa shape index (κ1) is 21.2. The number of H-pyrrole nitrogens is 1. The second-order valence-electron chi connectivity index (χ2n) is 5.89. The molecular weight excluding hydrogens is 406 g/mol. The summed E-state index contributed by atoms with van der Waals surface area (Å²) in [7, 11) is 0. The number of thioether (sulfide) groups is 1. The number of fused-ring (bicyclic) bond motifs is 1. The highest BCUT2D eigenvalue weighted by Gasteiger charge is 2.16. The number of hydrogen-bond acceptors (Lipinski definition) is 7. The Hall–Kier alpha value is -2.10. The SMILES string of the molecule is Cc1sc2nc(CSC(C)C(=O)Nc3ccc(N)nc3)[nH]c(=O)c2c1C.Cl. The van der Waals surface area contributed by atoms with Crippen LogP contribution in [0.15, 0.2) is 23.1 Å². The van der Waals surface area contributed by atoms with E-state index in [-0.39, 0.29) is 29.1 Å². The molecule has 0 bridgehead atoms. The summed E-state index contributed by atoms with van der Waals surface area (Å²) in [6.45, 7) is 5.72. The number of amides is 1. The molecule has 0 fully saturated rings. The first-order chi connectivity index (χ1) is 12.3. The summed E-state index contributed by atoms with van der Waals surface area (Å²) < 4.78 is 0. The molecule has 27 heavy (non-hydrogen) atoms. The zero-order valence-electron chi connectivity index (χ0n) is 15.0. The van der Waals surface area contributed by atoms with Crippen LogP contribution in [0.1, 0.15) is 23.2 Å². The van der Waals surface area contributed by atoms with Crippen LogP contribution in [0, 0.1) is 13.8 Å². The Bertz CT molecular complexity index is 1020. The van der Waals surface area contributed by atoms with Crippen molar-refractivity contribution >= 4 is 63.1 Å². The third kappa shape index (κ3) is 4.79. The number of anilines is 2. The second kappa shape index (κ2) is 8.73. The van der Waals surface area contributed by atoms with Crippen LogP contribution in [-0.2, 0) is 10.5 Å². The standard InChI is InChI=1S/C17H19N5O2S2.ClH/c1-8-9(2)26-17-14(8)16(24)21-13(22-17)7-25-10(3)15(23)20-11-4-5-12(18)19-6-11;/h4-6,10H,7H2,1-3H3,(H2,18,19)(H,20,23)(H,21,22,24);1H. The zero-order valence-corrected chi connectivity index (χ0v) is 17.5.